The van der Waals surface area contributed by atoms with E-state index in [0.29, 0.717) is 0 Å². The SMILES string of the molecule is CC1CCN(c2ccc([C@@H](C)N)c(Br)c2)CC1C. The van der Waals surface area contributed by atoms with Crippen molar-refractivity contribution in [2.75, 3.05) is 18.0 Å². The largest absolute Gasteiger partial charge is 0.371 e. The monoisotopic (exact) mass is 310 g/mol. The summed E-state index contributed by atoms with van der Waals surface area (Å²) < 4.78 is 1.13. The molecule has 3 atom stereocenters. The summed E-state index contributed by atoms with van der Waals surface area (Å²) in [4.78, 5) is 2.49. The maximum atomic E-state index is 5.94. The molecule has 1 aliphatic heterocycles. The number of halogens is 1. The molecule has 1 fully saturated rings. The maximum Gasteiger partial charge on any atom is 0.0377 e. The van der Waals surface area contributed by atoms with E-state index in [1.54, 1.807) is 0 Å². The Kier molecular flexibility index (Phi) is 4.33. The van der Waals surface area contributed by atoms with Crippen molar-refractivity contribution in [1.29, 1.82) is 0 Å². The van der Waals surface area contributed by atoms with Crippen molar-refractivity contribution in [3.05, 3.63) is 28.2 Å². The van der Waals surface area contributed by atoms with Crippen LogP contribution in [0.15, 0.2) is 22.7 Å². The molecule has 18 heavy (non-hydrogen) atoms. The van der Waals surface area contributed by atoms with Crippen LogP contribution in [0.3, 0.4) is 0 Å². The fourth-order valence-electron chi connectivity index (χ4n) is 2.58. The van der Waals surface area contributed by atoms with Crippen molar-refractivity contribution >= 4 is 21.6 Å². The van der Waals surface area contributed by atoms with Gasteiger partial charge < -0.3 is 10.6 Å². The van der Waals surface area contributed by atoms with Crippen molar-refractivity contribution in [3.63, 3.8) is 0 Å². The van der Waals surface area contributed by atoms with Gasteiger partial charge in [-0.3, -0.25) is 0 Å². The van der Waals surface area contributed by atoms with E-state index >= 15 is 0 Å². The first-order chi connectivity index (χ1) is 8.49. The topological polar surface area (TPSA) is 29.3 Å². The van der Waals surface area contributed by atoms with E-state index < -0.39 is 0 Å². The van der Waals surface area contributed by atoms with E-state index in [4.69, 9.17) is 5.73 Å². The van der Waals surface area contributed by atoms with E-state index in [-0.39, 0.29) is 6.04 Å². The molecule has 0 bridgehead atoms. The van der Waals surface area contributed by atoms with Crippen LogP contribution in [0.4, 0.5) is 5.69 Å². The summed E-state index contributed by atoms with van der Waals surface area (Å²) in [6, 6.07) is 6.63. The first-order valence-corrected chi connectivity index (χ1v) is 7.58. The van der Waals surface area contributed by atoms with Gasteiger partial charge in [-0.1, -0.05) is 35.8 Å². The minimum Gasteiger partial charge on any atom is -0.371 e. The Morgan fingerprint density at radius 1 is 1.33 bits per heavy atom. The number of nitrogens with two attached hydrogens (primary N) is 1. The molecule has 3 heteroatoms. The van der Waals surface area contributed by atoms with Crippen LogP contribution in [0.25, 0.3) is 0 Å². The summed E-state index contributed by atoms with van der Waals surface area (Å²) in [6.45, 7) is 9.05. The highest BCUT2D eigenvalue weighted by atomic mass is 79.9. The van der Waals surface area contributed by atoms with E-state index in [1.807, 2.05) is 6.92 Å². The van der Waals surface area contributed by atoms with Crippen LogP contribution in [-0.2, 0) is 0 Å². The van der Waals surface area contributed by atoms with Crippen molar-refractivity contribution in [2.24, 2.45) is 17.6 Å². The predicted octanol–water partition coefficient (Wildman–Crippen LogP) is 3.95. The van der Waals surface area contributed by atoms with E-state index in [2.05, 4.69) is 52.9 Å². The average molecular weight is 311 g/mol. The number of rotatable bonds is 2. The fraction of sp³-hybridized carbons (Fsp3) is 0.600. The second kappa shape index (κ2) is 5.62. The molecule has 100 valence electrons. The lowest BCUT2D eigenvalue weighted by molar-refractivity contribution is 0.324. The third kappa shape index (κ3) is 2.89. The van der Waals surface area contributed by atoms with E-state index in [0.717, 1.165) is 29.4 Å². The molecule has 1 heterocycles. The summed E-state index contributed by atoms with van der Waals surface area (Å²) in [7, 11) is 0. The minimum atomic E-state index is 0.0775. The van der Waals surface area contributed by atoms with Gasteiger partial charge in [0.1, 0.15) is 0 Å². The van der Waals surface area contributed by atoms with E-state index in [9.17, 15) is 0 Å². The van der Waals surface area contributed by atoms with E-state index in [1.165, 1.54) is 17.7 Å². The molecule has 2 unspecified atom stereocenters. The number of hydrogen-bond acceptors (Lipinski definition) is 2. The van der Waals surface area contributed by atoms with Gasteiger partial charge in [0.05, 0.1) is 0 Å². The summed E-state index contributed by atoms with van der Waals surface area (Å²) in [5.41, 5.74) is 8.43. The van der Waals surface area contributed by atoms with Crippen LogP contribution < -0.4 is 10.6 Å². The minimum absolute atomic E-state index is 0.0775. The molecule has 0 amide bonds. The third-order valence-electron chi connectivity index (χ3n) is 4.17. The number of nitrogens with zero attached hydrogens (tertiary/aromatic N) is 1. The highest BCUT2D eigenvalue weighted by Crippen LogP contribution is 2.31. The molecule has 1 saturated heterocycles. The van der Waals surface area contributed by atoms with Gasteiger partial charge in [-0.15, -0.1) is 0 Å². The van der Waals surface area contributed by atoms with Crippen LogP contribution in [-0.4, -0.2) is 13.1 Å². The Morgan fingerprint density at radius 3 is 2.61 bits per heavy atom. The fourth-order valence-corrected chi connectivity index (χ4v) is 3.31. The third-order valence-corrected chi connectivity index (χ3v) is 4.86. The van der Waals surface area contributed by atoms with Crippen LogP contribution in [0.2, 0.25) is 0 Å². The average Bonchev–Trinajstić information content (AvgIpc) is 2.32. The summed E-state index contributed by atoms with van der Waals surface area (Å²) in [6.07, 6.45) is 1.29. The Morgan fingerprint density at radius 2 is 2.06 bits per heavy atom. The molecule has 1 aromatic rings. The lowest BCUT2D eigenvalue weighted by atomic mass is 9.88. The molecule has 2 N–H and O–H groups in total. The number of benzene rings is 1. The zero-order valence-corrected chi connectivity index (χ0v) is 13.1. The van der Waals surface area contributed by atoms with Crippen molar-refractivity contribution in [1.82, 2.24) is 0 Å². The quantitative estimate of drug-likeness (QED) is 0.896. The van der Waals surface area contributed by atoms with Crippen LogP contribution in [0, 0.1) is 11.8 Å². The zero-order valence-electron chi connectivity index (χ0n) is 11.5. The highest BCUT2D eigenvalue weighted by Gasteiger charge is 2.23. The smallest absolute Gasteiger partial charge is 0.0377 e. The highest BCUT2D eigenvalue weighted by molar-refractivity contribution is 9.10. The summed E-state index contributed by atoms with van der Waals surface area (Å²) in [5.74, 6) is 1.61. The normalized spacial score (nSPS) is 26.2. The molecule has 0 saturated carbocycles. The second-order valence-corrected chi connectivity index (χ2v) is 6.54. The van der Waals surface area contributed by atoms with Crippen molar-refractivity contribution in [2.45, 2.75) is 33.2 Å². The predicted molar refractivity (Wildman–Crippen MR) is 81.9 cm³/mol. The molecule has 0 radical (unpaired) electrons. The van der Waals surface area contributed by atoms with Gasteiger partial charge in [0.15, 0.2) is 0 Å². The van der Waals surface area contributed by atoms with Crippen LogP contribution in [0.5, 0.6) is 0 Å². The molecular formula is C15H23BrN2. The number of piperidine rings is 1. The van der Waals surface area contributed by atoms with Crippen LogP contribution in [0.1, 0.15) is 38.8 Å². The Hall–Kier alpha value is -0.540. The van der Waals surface area contributed by atoms with Gasteiger partial charge >= 0.3 is 0 Å². The number of hydrogen-bond donors (Lipinski definition) is 1. The zero-order chi connectivity index (χ0) is 13.3. The molecule has 2 rings (SSSR count). The Bertz CT molecular complexity index is 417. The molecule has 0 spiro atoms. The second-order valence-electron chi connectivity index (χ2n) is 5.68. The van der Waals surface area contributed by atoms with Gasteiger partial charge in [0, 0.05) is 29.3 Å². The van der Waals surface area contributed by atoms with Crippen LogP contribution >= 0.6 is 15.9 Å². The molecular weight excluding hydrogens is 288 g/mol. The van der Waals surface area contributed by atoms with Gasteiger partial charge in [0.25, 0.3) is 0 Å². The standard InChI is InChI=1S/C15H23BrN2/c1-10-6-7-18(9-11(10)2)13-4-5-14(12(3)17)15(16)8-13/h4-5,8,10-12H,6-7,9,17H2,1-3H3/t10?,11?,12-/m1/s1. The molecule has 1 aliphatic rings. The first-order valence-electron chi connectivity index (χ1n) is 6.79. The Labute approximate surface area is 119 Å². The Balaban J connectivity index is 2.17. The van der Waals surface area contributed by atoms with Gasteiger partial charge in [-0.25, -0.2) is 0 Å². The van der Waals surface area contributed by atoms with Gasteiger partial charge in [0.2, 0.25) is 0 Å². The molecule has 0 aliphatic carbocycles. The number of anilines is 1. The summed E-state index contributed by atoms with van der Waals surface area (Å²) in [5, 5.41) is 0. The van der Waals surface area contributed by atoms with Crippen molar-refractivity contribution in [3.8, 4) is 0 Å². The van der Waals surface area contributed by atoms with Gasteiger partial charge in [-0.2, -0.15) is 0 Å². The molecule has 0 aromatic heterocycles. The maximum absolute atomic E-state index is 5.94. The lowest BCUT2D eigenvalue weighted by Crippen LogP contribution is -2.38. The molecule has 1 aromatic carbocycles. The summed E-state index contributed by atoms with van der Waals surface area (Å²) >= 11 is 3.63. The lowest BCUT2D eigenvalue weighted by Gasteiger charge is -2.37. The first kappa shape index (κ1) is 13.9. The molecule has 2 nitrogen and oxygen atoms in total. The van der Waals surface area contributed by atoms with Gasteiger partial charge in [-0.05, 0) is 42.9 Å². The van der Waals surface area contributed by atoms with Crippen molar-refractivity contribution < 1.29 is 0 Å².